The van der Waals surface area contributed by atoms with Gasteiger partial charge in [-0.1, -0.05) is 31.9 Å². The van der Waals surface area contributed by atoms with E-state index in [9.17, 15) is 29.4 Å². The van der Waals surface area contributed by atoms with Crippen molar-refractivity contribution in [3.8, 4) is 5.75 Å². The molecule has 0 aromatic heterocycles. The lowest BCUT2D eigenvalue weighted by molar-refractivity contribution is -0.144. The van der Waals surface area contributed by atoms with Gasteiger partial charge in [0.1, 0.15) is 23.4 Å². The van der Waals surface area contributed by atoms with Crippen LogP contribution in [0.25, 0.3) is 0 Å². The maximum Gasteiger partial charge on any atom is 0.408 e. The Morgan fingerprint density at radius 2 is 1.81 bits per heavy atom. The minimum atomic E-state index is -1.37. The van der Waals surface area contributed by atoms with Gasteiger partial charge in [-0.3, -0.25) is 14.4 Å². The molecule has 0 saturated heterocycles. The summed E-state index contributed by atoms with van der Waals surface area (Å²) in [7, 11) is 0. The summed E-state index contributed by atoms with van der Waals surface area (Å²) in [6, 6.07) is 3.36. The second-order valence-electron chi connectivity index (χ2n) is 9.46. The number of amides is 3. The summed E-state index contributed by atoms with van der Waals surface area (Å²) in [6.07, 6.45) is 1.23. The summed E-state index contributed by atoms with van der Waals surface area (Å²) in [4.78, 5) is 52.3. The molecule has 0 saturated carbocycles. The van der Waals surface area contributed by atoms with Crippen LogP contribution in [0.4, 0.5) is 4.79 Å². The van der Waals surface area contributed by atoms with E-state index in [2.05, 4.69) is 10.6 Å². The highest BCUT2D eigenvalue weighted by Crippen LogP contribution is 2.26. The molecule has 1 aromatic rings. The van der Waals surface area contributed by atoms with E-state index in [1.165, 1.54) is 17.0 Å². The smallest absolute Gasteiger partial charge is 0.408 e. The van der Waals surface area contributed by atoms with Crippen LogP contribution in [0.1, 0.15) is 71.9 Å². The Morgan fingerprint density at radius 3 is 2.38 bits per heavy atom. The zero-order chi connectivity index (χ0) is 28.0. The fourth-order valence-electron chi connectivity index (χ4n) is 3.52. The third kappa shape index (κ3) is 11.5. The van der Waals surface area contributed by atoms with Gasteiger partial charge in [0.05, 0.1) is 19.6 Å². The first kappa shape index (κ1) is 31.7. The van der Waals surface area contributed by atoms with Gasteiger partial charge in [-0.25, -0.2) is 4.79 Å². The van der Waals surface area contributed by atoms with Gasteiger partial charge < -0.3 is 35.2 Å². The highest BCUT2D eigenvalue weighted by Gasteiger charge is 2.36. The summed E-state index contributed by atoms with van der Waals surface area (Å²) in [6.45, 7) is 8.27. The lowest BCUT2D eigenvalue weighted by Crippen LogP contribution is -2.54. The number of carbonyl (C=O) groups is 4. The van der Waals surface area contributed by atoms with Gasteiger partial charge in [-0.15, -0.1) is 0 Å². The second-order valence-corrected chi connectivity index (χ2v) is 9.46. The number of carbonyl (C=O) groups excluding carboxylic acids is 4. The van der Waals surface area contributed by atoms with E-state index < -0.39 is 48.2 Å². The summed E-state index contributed by atoms with van der Waals surface area (Å²) in [5.74, 6) is -1.87. The molecular weight excluding hydrogens is 482 g/mol. The molecule has 2 unspecified atom stereocenters. The average molecular weight is 524 g/mol. The number of rotatable bonds is 14. The first-order valence-corrected chi connectivity index (χ1v) is 12.6. The Balaban J connectivity index is 3.30. The van der Waals surface area contributed by atoms with Crippen molar-refractivity contribution in [3.05, 3.63) is 29.8 Å². The summed E-state index contributed by atoms with van der Waals surface area (Å²) in [5.41, 5.74) is -0.496. The van der Waals surface area contributed by atoms with Crippen LogP contribution in [0.15, 0.2) is 24.3 Å². The maximum atomic E-state index is 13.6. The van der Waals surface area contributed by atoms with Crippen LogP contribution in [-0.4, -0.2) is 76.9 Å². The number of unbranched alkanes of at least 4 members (excludes halogenated alkanes) is 2. The van der Waals surface area contributed by atoms with Gasteiger partial charge in [-0.05, 0) is 51.8 Å². The van der Waals surface area contributed by atoms with E-state index in [0.29, 0.717) is 12.0 Å². The zero-order valence-electron chi connectivity index (χ0n) is 22.4. The van der Waals surface area contributed by atoms with Crippen LogP contribution >= 0.6 is 0 Å². The molecule has 0 bridgehead atoms. The topological polar surface area (TPSA) is 154 Å². The Labute approximate surface area is 218 Å². The molecule has 0 aliphatic heterocycles. The Morgan fingerprint density at radius 1 is 1.11 bits per heavy atom. The number of aliphatic hydroxyl groups excluding tert-OH is 1. The molecule has 11 heteroatoms. The van der Waals surface area contributed by atoms with E-state index in [1.807, 2.05) is 6.92 Å². The number of esters is 1. The van der Waals surface area contributed by atoms with Crippen molar-refractivity contribution >= 4 is 23.9 Å². The van der Waals surface area contributed by atoms with Crippen LogP contribution in [0.5, 0.6) is 5.75 Å². The number of alkyl carbamates (subject to hydrolysis) is 1. The van der Waals surface area contributed by atoms with Crippen molar-refractivity contribution in [2.24, 2.45) is 0 Å². The van der Waals surface area contributed by atoms with Crippen LogP contribution in [0.3, 0.4) is 0 Å². The number of aromatic hydroxyl groups is 1. The van der Waals surface area contributed by atoms with E-state index >= 15 is 0 Å². The zero-order valence-corrected chi connectivity index (χ0v) is 22.4. The largest absolute Gasteiger partial charge is 0.508 e. The summed E-state index contributed by atoms with van der Waals surface area (Å²) >= 11 is 0. The molecule has 0 spiro atoms. The molecule has 2 atom stereocenters. The molecule has 3 amide bonds. The maximum absolute atomic E-state index is 13.6. The fourth-order valence-corrected chi connectivity index (χ4v) is 3.52. The van der Waals surface area contributed by atoms with Crippen molar-refractivity contribution < 1.29 is 38.9 Å². The molecule has 1 rings (SSSR count). The third-order valence-corrected chi connectivity index (χ3v) is 5.14. The molecule has 4 N–H and O–H groups in total. The third-order valence-electron chi connectivity index (χ3n) is 5.14. The number of ether oxygens (including phenoxy) is 2. The van der Waals surface area contributed by atoms with E-state index in [1.54, 1.807) is 39.8 Å². The van der Waals surface area contributed by atoms with Crippen LogP contribution in [-0.2, 0) is 23.9 Å². The average Bonchev–Trinajstić information content (AvgIpc) is 2.80. The highest BCUT2D eigenvalue weighted by molar-refractivity contribution is 5.92. The molecule has 0 heterocycles. The van der Waals surface area contributed by atoms with Crippen molar-refractivity contribution in [2.75, 3.05) is 26.3 Å². The second kappa shape index (κ2) is 15.7. The molecular formula is C26H41N3O8. The van der Waals surface area contributed by atoms with E-state index in [4.69, 9.17) is 9.47 Å². The van der Waals surface area contributed by atoms with Gasteiger partial charge in [0.25, 0.3) is 0 Å². The van der Waals surface area contributed by atoms with Crippen molar-refractivity contribution in [2.45, 2.75) is 78.0 Å². The molecule has 0 aliphatic carbocycles. The van der Waals surface area contributed by atoms with Gasteiger partial charge in [0.15, 0.2) is 0 Å². The number of benzene rings is 1. The molecule has 208 valence electrons. The SMILES string of the molecule is CCCCCN(C(=O)C(CO)NC(=O)OC(C)(C)C)C(C(=O)NCCC(=O)OCC)c1cccc(O)c1. The highest BCUT2D eigenvalue weighted by atomic mass is 16.6. The van der Waals surface area contributed by atoms with Gasteiger partial charge in [0.2, 0.25) is 11.8 Å². The Bertz CT molecular complexity index is 900. The number of hydrogen-bond donors (Lipinski definition) is 4. The summed E-state index contributed by atoms with van der Waals surface area (Å²) < 4.78 is 10.1. The quantitative estimate of drug-likeness (QED) is 0.214. The van der Waals surface area contributed by atoms with Gasteiger partial charge in [0, 0.05) is 13.1 Å². The minimum absolute atomic E-state index is 0.0242. The van der Waals surface area contributed by atoms with Crippen molar-refractivity contribution in [1.82, 2.24) is 15.5 Å². The van der Waals surface area contributed by atoms with Gasteiger partial charge in [-0.2, -0.15) is 0 Å². The number of phenols is 1. The molecule has 11 nitrogen and oxygen atoms in total. The first-order valence-electron chi connectivity index (χ1n) is 12.6. The number of hydrogen-bond acceptors (Lipinski definition) is 8. The summed E-state index contributed by atoms with van der Waals surface area (Å²) in [5, 5.41) is 25.0. The van der Waals surface area contributed by atoms with Crippen molar-refractivity contribution in [1.29, 1.82) is 0 Å². The molecule has 0 radical (unpaired) electrons. The number of aliphatic hydroxyl groups is 1. The minimum Gasteiger partial charge on any atom is -0.508 e. The monoisotopic (exact) mass is 523 g/mol. The van der Waals surface area contributed by atoms with Crippen LogP contribution in [0.2, 0.25) is 0 Å². The molecule has 0 fully saturated rings. The van der Waals surface area contributed by atoms with E-state index in [-0.39, 0.29) is 31.9 Å². The van der Waals surface area contributed by atoms with Crippen LogP contribution in [0, 0.1) is 0 Å². The predicted molar refractivity (Wildman–Crippen MR) is 137 cm³/mol. The normalized spacial score (nSPS) is 12.7. The van der Waals surface area contributed by atoms with Crippen LogP contribution < -0.4 is 10.6 Å². The lowest BCUT2D eigenvalue weighted by Gasteiger charge is -2.34. The first-order chi connectivity index (χ1) is 17.4. The molecule has 0 aliphatic rings. The number of phenolic OH excluding ortho intramolecular Hbond substituents is 1. The van der Waals surface area contributed by atoms with Gasteiger partial charge >= 0.3 is 12.1 Å². The molecule has 1 aromatic carbocycles. The lowest BCUT2D eigenvalue weighted by atomic mass is 10.0. The Hall–Kier alpha value is -3.34. The Kier molecular flexibility index (Phi) is 13.4. The fraction of sp³-hybridized carbons (Fsp3) is 0.615. The van der Waals surface area contributed by atoms with Crippen molar-refractivity contribution in [3.63, 3.8) is 0 Å². The molecule has 37 heavy (non-hydrogen) atoms. The number of nitrogens with one attached hydrogen (secondary N) is 2. The predicted octanol–water partition coefficient (Wildman–Crippen LogP) is 2.41. The van der Waals surface area contributed by atoms with E-state index in [0.717, 1.165) is 12.8 Å². The standard InChI is InChI=1S/C26H41N3O8/c1-6-8-9-15-29(24(34)20(17-30)28-25(35)37-26(3,4)5)22(18-11-10-12-19(31)16-18)23(33)27-14-13-21(32)36-7-2/h10-12,16,20,22,30-31H,6-9,13-15,17H2,1-5H3,(H,27,33)(H,28,35). The number of nitrogens with zero attached hydrogens (tertiary/aromatic N) is 1.